The van der Waals surface area contributed by atoms with E-state index in [4.69, 9.17) is 10.0 Å². The predicted octanol–water partition coefficient (Wildman–Crippen LogP) is 3.74. The number of rotatable bonds is 5. The second-order valence-electron chi connectivity index (χ2n) is 6.34. The summed E-state index contributed by atoms with van der Waals surface area (Å²) in [7, 11) is -4.36. The van der Waals surface area contributed by atoms with Gasteiger partial charge in [0.2, 0.25) is 0 Å². The molecule has 0 heterocycles. The molecule has 4 rings (SSSR count). The Morgan fingerprint density at radius 1 is 0.897 bits per heavy atom. The smallest absolute Gasteiger partial charge is 0.339 e. The van der Waals surface area contributed by atoms with Crippen LogP contribution in [-0.4, -0.2) is 19.5 Å². The van der Waals surface area contributed by atoms with Crippen LogP contribution in [0.5, 0.6) is 5.75 Å². The maximum Gasteiger partial charge on any atom is 0.339 e. The minimum atomic E-state index is -4.36. The third-order valence-corrected chi connectivity index (χ3v) is 5.85. The molecule has 4 aromatic rings. The van der Waals surface area contributed by atoms with Gasteiger partial charge in [-0.1, -0.05) is 54.6 Å². The summed E-state index contributed by atoms with van der Waals surface area (Å²) < 4.78 is 31.6. The van der Waals surface area contributed by atoms with Gasteiger partial charge in [0.15, 0.2) is 5.75 Å². The quantitative estimate of drug-likeness (QED) is 0.261. The molecule has 0 amide bonds. The average molecular weight is 408 g/mol. The Labute approximate surface area is 166 Å². The summed E-state index contributed by atoms with van der Waals surface area (Å²) in [6.45, 7) is 0. The van der Waals surface area contributed by atoms with Crippen LogP contribution < -0.4 is 15.5 Å². The molecule has 0 aromatic heterocycles. The molecule has 0 aliphatic rings. The number of anilines is 1. The van der Waals surface area contributed by atoms with Crippen molar-refractivity contribution in [2.45, 2.75) is 4.90 Å². The summed E-state index contributed by atoms with van der Waals surface area (Å²) in [5.74, 6) is 4.40. The summed E-state index contributed by atoms with van der Waals surface area (Å²) >= 11 is 0. The van der Waals surface area contributed by atoms with Crippen LogP contribution >= 0.6 is 0 Å². The van der Waals surface area contributed by atoms with Crippen LogP contribution in [0.25, 0.3) is 21.5 Å². The monoisotopic (exact) mass is 408 g/mol. The van der Waals surface area contributed by atoms with Gasteiger partial charge < -0.3 is 14.7 Å². The molecule has 0 saturated carbocycles. The molecule has 0 saturated heterocycles. The molecule has 0 radical (unpaired) electrons. The first-order valence-electron chi connectivity index (χ1n) is 8.59. The number of fused-ring (bicyclic) bond motifs is 2. The Morgan fingerprint density at radius 3 is 2.24 bits per heavy atom. The summed E-state index contributed by atoms with van der Waals surface area (Å²) in [6.07, 6.45) is 0. The van der Waals surface area contributed by atoms with E-state index in [0.29, 0.717) is 21.8 Å². The number of carboxylic acids is 1. The van der Waals surface area contributed by atoms with E-state index in [2.05, 4.69) is 5.43 Å². The largest absolute Gasteiger partial charge is 0.478 e. The lowest BCUT2D eigenvalue weighted by molar-refractivity contribution is 0.0697. The molecule has 146 valence electrons. The van der Waals surface area contributed by atoms with Crippen LogP contribution in [0.1, 0.15) is 10.4 Å². The third kappa shape index (κ3) is 3.35. The highest BCUT2D eigenvalue weighted by atomic mass is 32.2. The van der Waals surface area contributed by atoms with Crippen molar-refractivity contribution in [3.8, 4) is 5.75 Å². The Hall–Kier alpha value is -3.62. The first-order chi connectivity index (χ1) is 13.9. The first-order valence-corrected chi connectivity index (χ1v) is 10.0. The number of hydrogen-bond donors (Lipinski definition) is 3. The van der Waals surface area contributed by atoms with Gasteiger partial charge >= 0.3 is 16.1 Å². The zero-order chi connectivity index (χ0) is 20.6. The van der Waals surface area contributed by atoms with Crippen LogP contribution in [0.3, 0.4) is 0 Å². The van der Waals surface area contributed by atoms with Gasteiger partial charge in [-0.25, -0.2) is 4.79 Å². The van der Waals surface area contributed by atoms with Crippen molar-refractivity contribution >= 4 is 43.3 Å². The molecule has 7 nitrogen and oxygen atoms in total. The van der Waals surface area contributed by atoms with Crippen molar-refractivity contribution < 1.29 is 22.5 Å². The van der Waals surface area contributed by atoms with Crippen LogP contribution in [0.15, 0.2) is 77.7 Å². The fraction of sp³-hybridized carbons (Fsp3) is 0. The Morgan fingerprint density at radius 2 is 1.55 bits per heavy atom. The van der Waals surface area contributed by atoms with Crippen LogP contribution in [0.4, 0.5) is 5.69 Å². The number of carbonyl (C=O) groups is 1. The minimum Gasteiger partial charge on any atom is -0.478 e. The van der Waals surface area contributed by atoms with Gasteiger partial charge in [0.05, 0.1) is 5.56 Å². The Kier molecular flexibility index (Phi) is 4.57. The number of carboxylic acid groups (broad SMARTS) is 1. The van der Waals surface area contributed by atoms with Crippen LogP contribution in [0, 0.1) is 0 Å². The van der Waals surface area contributed by atoms with Crippen LogP contribution in [-0.2, 0) is 10.1 Å². The lowest BCUT2D eigenvalue weighted by Gasteiger charge is -2.15. The predicted molar refractivity (Wildman–Crippen MR) is 110 cm³/mol. The van der Waals surface area contributed by atoms with Gasteiger partial charge in [-0.05, 0) is 29.0 Å². The highest BCUT2D eigenvalue weighted by Crippen LogP contribution is 2.35. The zero-order valence-electron chi connectivity index (χ0n) is 15.0. The van der Waals surface area contributed by atoms with Gasteiger partial charge in [0.1, 0.15) is 10.6 Å². The van der Waals surface area contributed by atoms with Crippen molar-refractivity contribution in [2.75, 3.05) is 5.43 Å². The summed E-state index contributed by atoms with van der Waals surface area (Å²) in [6, 6.07) is 19.6. The van der Waals surface area contributed by atoms with Crippen molar-refractivity contribution in [1.29, 1.82) is 0 Å². The maximum absolute atomic E-state index is 13.1. The maximum atomic E-state index is 13.1. The molecular formula is C21H16N2O5S. The van der Waals surface area contributed by atoms with Gasteiger partial charge in [0.25, 0.3) is 0 Å². The Balaban J connectivity index is 1.89. The molecule has 4 aromatic carbocycles. The molecule has 29 heavy (non-hydrogen) atoms. The van der Waals surface area contributed by atoms with Crippen LogP contribution in [0.2, 0.25) is 0 Å². The van der Waals surface area contributed by atoms with E-state index < -0.39 is 16.1 Å². The molecule has 0 unspecified atom stereocenters. The fourth-order valence-corrected chi connectivity index (χ4v) is 4.43. The van der Waals surface area contributed by atoms with E-state index in [1.54, 1.807) is 42.5 Å². The standard InChI is InChI=1S/C21H16N2O5S/c22-23-20-17-8-4-1-5-13(17)9-10-18(20)28-29(26,27)19-12-15(21(24)25)11-14-6-2-3-7-16(14)19/h1-12,23H,22H2,(H,24,25). The average Bonchev–Trinajstić information content (AvgIpc) is 2.72. The number of aromatic carboxylic acids is 1. The van der Waals surface area contributed by atoms with E-state index in [-0.39, 0.29) is 16.2 Å². The van der Waals surface area contributed by atoms with Gasteiger partial charge in [-0.15, -0.1) is 0 Å². The van der Waals surface area contributed by atoms with Crippen molar-refractivity contribution in [2.24, 2.45) is 5.84 Å². The van der Waals surface area contributed by atoms with E-state index in [9.17, 15) is 18.3 Å². The van der Waals surface area contributed by atoms with E-state index in [0.717, 1.165) is 11.5 Å². The third-order valence-electron chi connectivity index (χ3n) is 4.57. The summed E-state index contributed by atoms with van der Waals surface area (Å²) in [4.78, 5) is 11.2. The number of hydrazine groups is 1. The highest BCUT2D eigenvalue weighted by molar-refractivity contribution is 7.87. The number of nitrogens with one attached hydrogen (secondary N) is 1. The number of benzene rings is 4. The van der Waals surface area contributed by atoms with E-state index >= 15 is 0 Å². The second kappa shape index (κ2) is 7.08. The molecule has 0 aliphatic carbocycles. The first kappa shape index (κ1) is 18.7. The lowest BCUT2D eigenvalue weighted by Crippen LogP contribution is -2.15. The topological polar surface area (TPSA) is 119 Å². The van der Waals surface area contributed by atoms with E-state index in [1.165, 1.54) is 12.1 Å². The second-order valence-corrected chi connectivity index (χ2v) is 7.86. The van der Waals surface area contributed by atoms with E-state index in [1.807, 2.05) is 12.1 Å². The molecular weight excluding hydrogens is 392 g/mol. The van der Waals surface area contributed by atoms with Gasteiger partial charge in [0, 0.05) is 10.8 Å². The highest BCUT2D eigenvalue weighted by Gasteiger charge is 2.24. The zero-order valence-corrected chi connectivity index (χ0v) is 15.8. The number of nitrogens with two attached hydrogens (primary N) is 1. The van der Waals surface area contributed by atoms with Crippen molar-refractivity contribution in [3.63, 3.8) is 0 Å². The molecule has 4 N–H and O–H groups in total. The number of hydrogen-bond acceptors (Lipinski definition) is 6. The molecule has 0 spiro atoms. The minimum absolute atomic E-state index is 0.0102. The van der Waals surface area contributed by atoms with Crippen molar-refractivity contribution in [3.05, 3.63) is 78.4 Å². The summed E-state index contributed by atoms with van der Waals surface area (Å²) in [5.41, 5.74) is 2.66. The van der Waals surface area contributed by atoms with Gasteiger partial charge in [-0.2, -0.15) is 8.42 Å². The molecule has 8 heteroatoms. The number of nitrogen functional groups attached to an aromatic ring is 1. The lowest BCUT2D eigenvalue weighted by atomic mass is 10.1. The SMILES string of the molecule is NNc1c(OS(=O)(=O)c2cc(C(=O)O)cc3ccccc23)ccc2ccccc12. The molecule has 0 fully saturated rings. The van der Waals surface area contributed by atoms with Gasteiger partial charge in [-0.3, -0.25) is 5.84 Å². The molecule has 0 bridgehead atoms. The normalized spacial score (nSPS) is 11.5. The summed E-state index contributed by atoms with van der Waals surface area (Å²) in [5, 5.41) is 11.7. The van der Waals surface area contributed by atoms with Crippen molar-refractivity contribution in [1.82, 2.24) is 0 Å². The molecule has 0 aliphatic heterocycles. The molecule has 0 atom stereocenters. The fourth-order valence-electron chi connectivity index (χ4n) is 3.24. The Bertz CT molecular complexity index is 1370.